The number of thioether (sulfide) groups is 1. The molecule has 0 N–H and O–H groups in total. The summed E-state index contributed by atoms with van der Waals surface area (Å²) < 4.78 is 16.1. The molecule has 8 nitrogen and oxygen atoms in total. The average molecular weight is 376 g/mol. The van der Waals surface area contributed by atoms with E-state index >= 15 is 0 Å². The van der Waals surface area contributed by atoms with Crippen LogP contribution in [0.15, 0.2) is 27.8 Å². The molecule has 2 rings (SSSR count). The van der Waals surface area contributed by atoms with Gasteiger partial charge in [0.05, 0.1) is 32.0 Å². The number of carbonyl (C=O) groups excluding carboxylic acids is 1. The smallest absolute Gasteiger partial charge is 0.277 e. The zero-order valence-corrected chi connectivity index (χ0v) is 15.9. The van der Waals surface area contributed by atoms with Gasteiger partial charge in [0.25, 0.3) is 5.22 Å². The molecule has 2 aromatic rings. The van der Waals surface area contributed by atoms with Crippen LogP contribution < -0.4 is 9.47 Å². The summed E-state index contributed by atoms with van der Waals surface area (Å²) in [5.74, 6) is 1.42. The van der Waals surface area contributed by atoms with Crippen molar-refractivity contribution in [1.82, 2.24) is 15.1 Å². The molecule has 0 unspecified atom stereocenters. The van der Waals surface area contributed by atoms with E-state index in [1.54, 1.807) is 46.4 Å². The van der Waals surface area contributed by atoms with Crippen molar-refractivity contribution in [2.24, 2.45) is 0 Å². The van der Waals surface area contributed by atoms with E-state index in [9.17, 15) is 4.79 Å². The Morgan fingerprint density at radius 2 is 1.96 bits per heavy atom. The second-order valence-electron chi connectivity index (χ2n) is 5.40. The van der Waals surface area contributed by atoms with E-state index in [0.29, 0.717) is 35.9 Å². The lowest BCUT2D eigenvalue weighted by molar-refractivity contribution is -0.128. The number of aromatic nitrogens is 2. The molecule has 1 aromatic heterocycles. The molecule has 0 bridgehead atoms. The molecule has 0 aliphatic carbocycles. The summed E-state index contributed by atoms with van der Waals surface area (Å²) in [6.07, 6.45) is 0.294. The quantitative estimate of drug-likeness (QED) is 0.648. The topological polar surface area (TPSA) is 101 Å². The van der Waals surface area contributed by atoms with Crippen molar-refractivity contribution in [3.63, 3.8) is 0 Å². The monoisotopic (exact) mass is 376 g/mol. The summed E-state index contributed by atoms with van der Waals surface area (Å²) in [5, 5.41) is 16.5. The summed E-state index contributed by atoms with van der Waals surface area (Å²) >= 11 is 1.17. The Labute approximate surface area is 156 Å². The fraction of sp³-hybridized carbons (Fsp3) is 0.412. The average Bonchev–Trinajstić information content (AvgIpc) is 3.13. The highest BCUT2D eigenvalue weighted by molar-refractivity contribution is 8.00. The van der Waals surface area contributed by atoms with Crippen molar-refractivity contribution < 1.29 is 18.7 Å². The van der Waals surface area contributed by atoms with Crippen LogP contribution in [0.5, 0.6) is 11.5 Å². The Bertz CT molecular complexity index is 780. The summed E-state index contributed by atoms with van der Waals surface area (Å²) in [6.45, 7) is 2.15. The Balaban J connectivity index is 2.10. The summed E-state index contributed by atoms with van der Waals surface area (Å²) in [7, 11) is 4.78. The number of hydrogen-bond donors (Lipinski definition) is 0. The third kappa shape index (κ3) is 4.89. The van der Waals surface area contributed by atoms with E-state index in [1.165, 1.54) is 16.7 Å². The summed E-state index contributed by atoms with van der Waals surface area (Å²) in [6, 6.07) is 7.28. The van der Waals surface area contributed by atoms with Gasteiger partial charge in [-0.15, -0.1) is 10.2 Å². The number of hydrogen-bond acceptors (Lipinski definition) is 8. The number of benzene rings is 1. The number of nitrogens with zero attached hydrogens (tertiary/aromatic N) is 4. The van der Waals surface area contributed by atoms with Crippen LogP contribution in [-0.4, -0.2) is 54.1 Å². The van der Waals surface area contributed by atoms with Crippen LogP contribution in [0.25, 0.3) is 11.5 Å². The van der Waals surface area contributed by atoms with Crippen LogP contribution in [0.4, 0.5) is 0 Å². The maximum Gasteiger partial charge on any atom is 0.277 e. The number of carbonyl (C=O) groups is 1. The first-order valence-corrected chi connectivity index (χ1v) is 8.72. The minimum absolute atomic E-state index is 0.104. The first kappa shape index (κ1) is 19.6. The lowest BCUT2D eigenvalue weighted by Crippen LogP contribution is -2.33. The Morgan fingerprint density at radius 3 is 2.54 bits per heavy atom. The molecule has 0 aliphatic rings. The number of amides is 1. The van der Waals surface area contributed by atoms with Gasteiger partial charge in [0.15, 0.2) is 0 Å². The fourth-order valence-corrected chi connectivity index (χ4v) is 2.94. The SMILES string of the molecule is COc1cc(OC)cc(-c2nnc(S[C@H](C)C(=O)N(C)CCC#N)o2)c1. The van der Waals surface area contributed by atoms with E-state index in [4.69, 9.17) is 19.2 Å². The summed E-state index contributed by atoms with van der Waals surface area (Å²) in [4.78, 5) is 13.8. The van der Waals surface area contributed by atoms with E-state index in [1.807, 2.05) is 6.07 Å². The van der Waals surface area contributed by atoms with Crippen molar-refractivity contribution in [2.45, 2.75) is 23.8 Å². The number of nitriles is 1. The fourth-order valence-electron chi connectivity index (χ4n) is 2.14. The molecule has 1 amide bonds. The molecule has 138 valence electrons. The van der Waals surface area contributed by atoms with Crippen molar-refractivity contribution in [3.8, 4) is 29.0 Å². The van der Waals surface area contributed by atoms with Gasteiger partial charge in [0.1, 0.15) is 11.5 Å². The standard InChI is InChI=1S/C17H20N4O4S/c1-11(16(22)21(2)7-5-6-18)26-17-20-19-15(25-17)12-8-13(23-3)10-14(9-12)24-4/h8-11H,5,7H2,1-4H3/t11-/m1/s1. The molecule has 1 atom stereocenters. The van der Waals surface area contributed by atoms with Gasteiger partial charge in [-0.3, -0.25) is 4.79 Å². The van der Waals surface area contributed by atoms with E-state index in [-0.39, 0.29) is 11.1 Å². The van der Waals surface area contributed by atoms with E-state index < -0.39 is 5.25 Å². The normalized spacial score (nSPS) is 11.5. The molecular weight excluding hydrogens is 356 g/mol. The Kier molecular flexibility index (Phi) is 6.86. The van der Waals surface area contributed by atoms with Gasteiger partial charge >= 0.3 is 0 Å². The molecule has 0 saturated carbocycles. The first-order chi connectivity index (χ1) is 12.5. The lowest BCUT2D eigenvalue weighted by atomic mass is 10.2. The molecule has 1 aromatic carbocycles. The summed E-state index contributed by atoms with van der Waals surface area (Å²) in [5.41, 5.74) is 0.658. The molecule has 0 radical (unpaired) electrons. The van der Waals surface area contributed by atoms with Gasteiger partial charge in [0, 0.05) is 25.2 Å². The van der Waals surface area contributed by atoms with Gasteiger partial charge in [-0.05, 0) is 19.1 Å². The van der Waals surface area contributed by atoms with Gasteiger partial charge in [-0.25, -0.2) is 0 Å². The number of methoxy groups -OCH3 is 2. The third-order valence-corrected chi connectivity index (χ3v) is 4.49. The molecule has 0 saturated heterocycles. The highest BCUT2D eigenvalue weighted by Crippen LogP contribution is 2.31. The predicted molar refractivity (Wildman–Crippen MR) is 96.0 cm³/mol. The lowest BCUT2D eigenvalue weighted by Gasteiger charge is -2.18. The van der Waals surface area contributed by atoms with Gasteiger partial charge < -0.3 is 18.8 Å². The van der Waals surface area contributed by atoms with Gasteiger partial charge in [-0.2, -0.15) is 5.26 Å². The van der Waals surface area contributed by atoms with Crippen LogP contribution in [0.2, 0.25) is 0 Å². The maximum absolute atomic E-state index is 12.3. The van der Waals surface area contributed by atoms with E-state index in [2.05, 4.69) is 10.2 Å². The highest BCUT2D eigenvalue weighted by atomic mass is 32.2. The van der Waals surface area contributed by atoms with Gasteiger partial charge in [0.2, 0.25) is 11.8 Å². The van der Waals surface area contributed by atoms with Crippen molar-refractivity contribution in [2.75, 3.05) is 27.8 Å². The van der Waals surface area contributed by atoms with Crippen molar-refractivity contribution in [1.29, 1.82) is 5.26 Å². The molecular formula is C17H20N4O4S. The molecule has 26 heavy (non-hydrogen) atoms. The van der Waals surface area contributed by atoms with E-state index in [0.717, 1.165) is 0 Å². The minimum atomic E-state index is -0.410. The molecule has 0 fully saturated rings. The van der Waals surface area contributed by atoms with Crippen LogP contribution in [0.3, 0.4) is 0 Å². The highest BCUT2D eigenvalue weighted by Gasteiger charge is 2.22. The zero-order valence-electron chi connectivity index (χ0n) is 15.1. The van der Waals surface area contributed by atoms with Crippen molar-refractivity contribution >= 4 is 17.7 Å². The molecule has 0 spiro atoms. The first-order valence-electron chi connectivity index (χ1n) is 7.84. The molecule has 0 aliphatic heterocycles. The van der Waals surface area contributed by atoms with Crippen LogP contribution in [-0.2, 0) is 4.79 Å². The van der Waals surface area contributed by atoms with Crippen molar-refractivity contribution in [3.05, 3.63) is 18.2 Å². The van der Waals surface area contributed by atoms with Crippen LogP contribution in [0, 0.1) is 11.3 Å². The van der Waals surface area contributed by atoms with Crippen LogP contribution in [0.1, 0.15) is 13.3 Å². The second-order valence-corrected chi connectivity index (χ2v) is 6.69. The second kappa shape index (κ2) is 9.10. The number of rotatable bonds is 8. The Morgan fingerprint density at radius 1 is 1.31 bits per heavy atom. The van der Waals surface area contributed by atoms with Gasteiger partial charge in [-0.1, -0.05) is 11.8 Å². The largest absolute Gasteiger partial charge is 0.497 e. The van der Waals surface area contributed by atoms with Crippen LogP contribution >= 0.6 is 11.8 Å². The Hall–Kier alpha value is -2.73. The zero-order chi connectivity index (χ0) is 19.1. The number of ether oxygens (including phenoxy) is 2. The molecule has 9 heteroatoms. The minimum Gasteiger partial charge on any atom is -0.497 e. The third-order valence-electron chi connectivity index (χ3n) is 3.57. The molecule has 1 heterocycles. The predicted octanol–water partition coefficient (Wildman–Crippen LogP) is 2.61. The maximum atomic E-state index is 12.3.